The smallest absolute Gasteiger partial charge is 0.137 e. The highest BCUT2D eigenvalue weighted by molar-refractivity contribution is 5.19. The Morgan fingerprint density at radius 3 is 2.88 bits per heavy atom. The standard InChI is InChI=1S/C13H20N2O/c1-2-14-8-12-6-7-13(9-15-12)16-10-11-4-3-5-11/h6-7,9,11,14H,2-5,8,10H2,1H3. The third-order valence-corrected chi connectivity index (χ3v) is 3.06. The zero-order valence-electron chi connectivity index (χ0n) is 9.91. The first-order valence-electron chi connectivity index (χ1n) is 6.17. The minimum atomic E-state index is 0.779. The van der Waals surface area contributed by atoms with Gasteiger partial charge in [0.15, 0.2) is 0 Å². The number of rotatable bonds is 6. The minimum absolute atomic E-state index is 0.779. The van der Waals surface area contributed by atoms with Gasteiger partial charge in [-0.1, -0.05) is 13.3 Å². The molecule has 1 aromatic rings. The van der Waals surface area contributed by atoms with E-state index < -0.39 is 0 Å². The van der Waals surface area contributed by atoms with Crippen LogP contribution in [0, 0.1) is 5.92 Å². The lowest BCUT2D eigenvalue weighted by Gasteiger charge is -2.24. The lowest BCUT2D eigenvalue weighted by atomic mass is 9.86. The third-order valence-electron chi connectivity index (χ3n) is 3.06. The summed E-state index contributed by atoms with van der Waals surface area (Å²) in [5, 5.41) is 3.25. The first-order chi connectivity index (χ1) is 7.88. The highest BCUT2D eigenvalue weighted by atomic mass is 16.5. The summed E-state index contributed by atoms with van der Waals surface area (Å²) in [4.78, 5) is 4.35. The second kappa shape index (κ2) is 5.85. The fraction of sp³-hybridized carbons (Fsp3) is 0.615. The predicted octanol–water partition coefficient (Wildman–Crippen LogP) is 2.37. The van der Waals surface area contributed by atoms with Crippen LogP contribution in [0.2, 0.25) is 0 Å². The molecule has 1 fully saturated rings. The molecule has 88 valence electrons. The highest BCUT2D eigenvalue weighted by Crippen LogP contribution is 2.26. The van der Waals surface area contributed by atoms with Crippen LogP contribution in [0.25, 0.3) is 0 Å². The van der Waals surface area contributed by atoms with Crippen molar-refractivity contribution in [3.63, 3.8) is 0 Å². The van der Waals surface area contributed by atoms with E-state index in [1.54, 1.807) is 0 Å². The van der Waals surface area contributed by atoms with E-state index in [2.05, 4.69) is 17.2 Å². The average molecular weight is 220 g/mol. The largest absolute Gasteiger partial charge is 0.492 e. The van der Waals surface area contributed by atoms with E-state index in [0.29, 0.717) is 0 Å². The Morgan fingerprint density at radius 2 is 2.31 bits per heavy atom. The Morgan fingerprint density at radius 1 is 1.44 bits per heavy atom. The quantitative estimate of drug-likeness (QED) is 0.799. The molecule has 0 amide bonds. The second-order valence-electron chi connectivity index (χ2n) is 4.37. The summed E-state index contributed by atoms with van der Waals surface area (Å²) in [5.74, 6) is 1.67. The lowest BCUT2D eigenvalue weighted by molar-refractivity contribution is 0.180. The van der Waals surface area contributed by atoms with Crippen molar-refractivity contribution in [3.05, 3.63) is 24.0 Å². The molecular weight excluding hydrogens is 200 g/mol. The van der Waals surface area contributed by atoms with E-state index in [1.165, 1.54) is 19.3 Å². The third kappa shape index (κ3) is 3.20. The molecule has 0 radical (unpaired) electrons. The number of pyridine rings is 1. The molecule has 1 aliphatic rings. The number of hydrogen-bond acceptors (Lipinski definition) is 3. The number of nitrogens with one attached hydrogen (secondary N) is 1. The fourth-order valence-electron chi connectivity index (χ4n) is 1.73. The topological polar surface area (TPSA) is 34.1 Å². The first-order valence-corrected chi connectivity index (χ1v) is 6.17. The summed E-state index contributed by atoms with van der Waals surface area (Å²) in [6, 6.07) is 4.04. The van der Waals surface area contributed by atoms with Crippen molar-refractivity contribution >= 4 is 0 Å². The summed E-state index contributed by atoms with van der Waals surface area (Å²) >= 11 is 0. The van der Waals surface area contributed by atoms with E-state index in [4.69, 9.17) is 4.74 Å². The van der Waals surface area contributed by atoms with E-state index in [1.807, 2.05) is 18.3 Å². The summed E-state index contributed by atoms with van der Waals surface area (Å²) in [5.41, 5.74) is 1.07. The zero-order valence-corrected chi connectivity index (χ0v) is 9.91. The molecule has 0 spiro atoms. The van der Waals surface area contributed by atoms with Crippen LogP contribution in [-0.4, -0.2) is 18.1 Å². The summed E-state index contributed by atoms with van der Waals surface area (Å²) in [6.07, 6.45) is 5.84. The van der Waals surface area contributed by atoms with Gasteiger partial charge in [0, 0.05) is 6.54 Å². The Bertz CT molecular complexity index is 306. The molecule has 1 heterocycles. The van der Waals surface area contributed by atoms with Crippen LogP contribution in [-0.2, 0) is 6.54 Å². The van der Waals surface area contributed by atoms with Crippen molar-refractivity contribution in [1.82, 2.24) is 10.3 Å². The Kier molecular flexibility index (Phi) is 4.17. The SMILES string of the molecule is CCNCc1ccc(OCC2CCC2)cn1. The zero-order chi connectivity index (χ0) is 11.2. The molecule has 3 nitrogen and oxygen atoms in total. The average Bonchev–Trinajstić information content (AvgIpc) is 2.26. The van der Waals surface area contributed by atoms with Gasteiger partial charge in [0.2, 0.25) is 0 Å². The molecule has 0 bridgehead atoms. The Hall–Kier alpha value is -1.09. The van der Waals surface area contributed by atoms with Crippen LogP contribution < -0.4 is 10.1 Å². The van der Waals surface area contributed by atoms with Gasteiger partial charge in [-0.05, 0) is 37.4 Å². The van der Waals surface area contributed by atoms with Crippen molar-refractivity contribution < 1.29 is 4.74 Å². The molecule has 0 aromatic carbocycles. The molecule has 0 saturated heterocycles. The summed E-state index contributed by atoms with van der Waals surface area (Å²) in [6.45, 7) is 4.76. The Balaban J connectivity index is 1.76. The first kappa shape index (κ1) is 11.4. The summed E-state index contributed by atoms with van der Waals surface area (Å²) < 4.78 is 5.69. The van der Waals surface area contributed by atoms with Crippen molar-refractivity contribution in [1.29, 1.82) is 0 Å². The molecule has 0 aliphatic heterocycles. The number of nitrogens with zero attached hydrogens (tertiary/aromatic N) is 1. The molecule has 2 rings (SSSR count). The summed E-state index contributed by atoms with van der Waals surface area (Å²) in [7, 11) is 0. The molecule has 0 unspecified atom stereocenters. The molecule has 1 aliphatic carbocycles. The van der Waals surface area contributed by atoms with Gasteiger partial charge >= 0.3 is 0 Å². The van der Waals surface area contributed by atoms with Crippen molar-refractivity contribution in [2.75, 3.05) is 13.2 Å². The van der Waals surface area contributed by atoms with Crippen LogP contribution >= 0.6 is 0 Å². The molecule has 1 N–H and O–H groups in total. The van der Waals surface area contributed by atoms with Gasteiger partial charge in [0.25, 0.3) is 0 Å². The lowest BCUT2D eigenvalue weighted by Crippen LogP contribution is -2.19. The van der Waals surface area contributed by atoms with Gasteiger partial charge in [-0.15, -0.1) is 0 Å². The number of hydrogen-bond donors (Lipinski definition) is 1. The predicted molar refractivity (Wildman–Crippen MR) is 64.5 cm³/mol. The van der Waals surface area contributed by atoms with E-state index in [9.17, 15) is 0 Å². The van der Waals surface area contributed by atoms with Crippen molar-refractivity contribution in [2.45, 2.75) is 32.7 Å². The maximum atomic E-state index is 5.69. The van der Waals surface area contributed by atoms with E-state index >= 15 is 0 Å². The molecule has 1 aromatic heterocycles. The van der Waals surface area contributed by atoms with Crippen LogP contribution in [0.15, 0.2) is 18.3 Å². The van der Waals surface area contributed by atoms with Crippen LogP contribution in [0.1, 0.15) is 31.9 Å². The highest BCUT2D eigenvalue weighted by Gasteiger charge is 2.17. The van der Waals surface area contributed by atoms with Crippen molar-refractivity contribution in [3.8, 4) is 5.75 Å². The normalized spacial score (nSPS) is 15.8. The van der Waals surface area contributed by atoms with Gasteiger partial charge < -0.3 is 10.1 Å². The fourth-order valence-corrected chi connectivity index (χ4v) is 1.73. The number of ether oxygens (including phenoxy) is 1. The Labute approximate surface area is 97.2 Å². The molecule has 1 saturated carbocycles. The minimum Gasteiger partial charge on any atom is -0.492 e. The molecule has 3 heteroatoms. The van der Waals surface area contributed by atoms with Crippen LogP contribution in [0.4, 0.5) is 0 Å². The second-order valence-corrected chi connectivity index (χ2v) is 4.37. The van der Waals surface area contributed by atoms with E-state index in [-0.39, 0.29) is 0 Å². The molecular formula is C13H20N2O. The molecule has 16 heavy (non-hydrogen) atoms. The molecule has 0 atom stereocenters. The monoisotopic (exact) mass is 220 g/mol. The van der Waals surface area contributed by atoms with Gasteiger partial charge in [-0.25, -0.2) is 0 Å². The van der Waals surface area contributed by atoms with Gasteiger partial charge in [-0.3, -0.25) is 4.98 Å². The van der Waals surface area contributed by atoms with Crippen molar-refractivity contribution in [2.24, 2.45) is 5.92 Å². The van der Waals surface area contributed by atoms with E-state index in [0.717, 1.165) is 37.1 Å². The van der Waals surface area contributed by atoms with Crippen LogP contribution in [0.5, 0.6) is 5.75 Å². The van der Waals surface area contributed by atoms with Gasteiger partial charge in [0.05, 0.1) is 18.5 Å². The maximum absolute atomic E-state index is 5.69. The van der Waals surface area contributed by atoms with Crippen LogP contribution in [0.3, 0.4) is 0 Å². The van der Waals surface area contributed by atoms with Gasteiger partial charge in [-0.2, -0.15) is 0 Å². The number of aromatic nitrogens is 1. The van der Waals surface area contributed by atoms with Gasteiger partial charge in [0.1, 0.15) is 5.75 Å². The maximum Gasteiger partial charge on any atom is 0.137 e.